The number of halogens is 1. The molecule has 1 aromatic carbocycles. The van der Waals surface area contributed by atoms with E-state index < -0.39 is 0 Å². The minimum atomic E-state index is -0.236. The molecule has 29 heavy (non-hydrogen) atoms. The second kappa shape index (κ2) is 8.30. The van der Waals surface area contributed by atoms with Gasteiger partial charge in [0.1, 0.15) is 23.5 Å². The van der Waals surface area contributed by atoms with Gasteiger partial charge < -0.3 is 14.4 Å². The van der Waals surface area contributed by atoms with Crippen molar-refractivity contribution in [3.8, 4) is 5.75 Å². The lowest BCUT2D eigenvalue weighted by Crippen LogP contribution is -2.40. The van der Waals surface area contributed by atoms with Gasteiger partial charge in [-0.25, -0.2) is 4.39 Å². The number of benzene rings is 1. The number of nitrogens with zero attached hydrogens (tertiary/aromatic N) is 4. The van der Waals surface area contributed by atoms with E-state index in [1.807, 2.05) is 0 Å². The fourth-order valence-electron chi connectivity index (χ4n) is 4.39. The maximum absolute atomic E-state index is 13.1. The predicted octanol–water partition coefficient (Wildman–Crippen LogP) is 3.91. The molecular weight excluding hydrogens is 371 g/mol. The Hall–Kier alpha value is -2.15. The van der Waals surface area contributed by atoms with Gasteiger partial charge in [0.15, 0.2) is 0 Å². The van der Waals surface area contributed by atoms with E-state index in [9.17, 15) is 4.39 Å². The summed E-state index contributed by atoms with van der Waals surface area (Å²) in [6, 6.07) is 6.29. The summed E-state index contributed by atoms with van der Waals surface area (Å²) < 4.78 is 27.5. The number of hydrogen-bond acceptors (Lipinski definition) is 5. The first-order valence-electron chi connectivity index (χ1n) is 11.0. The molecule has 0 bridgehead atoms. The summed E-state index contributed by atoms with van der Waals surface area (Å²) in [6.07, 6.45) is 8.23. The predicted molar refractivity (Wildman–Crippen MR) is 108 cm³/mol. The fourth-order valence-corrected chi connectivity index (χ4v) is 4.39. The molecule has 1 unspecified atom stereocenters. The van der Waals surface area contributed by atoms with Crippen molar-refractivity contribution in [1.29, 1.82) is 0 Å². The highest BCUT2D eigenvalue weighted by atomic mass is 19.1. The average molecular weight is 400 g/mol. The molecule has 0 spiro atoms. The van der Waals surface area contributed by atoms with Gasteiger partial charge in [0.25, 0.3) is 0 Å². The zero-order valence-corrected chi connectivity index (χ0v) is 16.8. The van der Waals surface area contributed by atoms with Crippen molar-refractivity contribution in [1.82, 2.24) is 14.8 Å². The molecule has 0 amide bonds. The molecule has 3 heterocycles. The van der Waals surface area contributed by atoms with E-state index in [-0.39, 0.29) is 18.0 Å². The number of ether oxygens (including phenoxy) is 2. The van der Waals surface area contributed by atoms with Crippen LogP contribution in [0, 0.1) is 5.82 Å². The van der Waals surface area contributed by atoms with Crippen molar-refractivity contribution >= 4 is 5.95 Å². The maximum atomic E-state index is 13.1. The molecule has 0 radical (unpaired) electrons. The number of piperidine rings is 1. The Morgan fingerprint density at radius 3 is 2.48 bits per heavy atom. The van der Waals surface area contributed by atoms with Crippen LogP contribution in [-0.2, 0) is 11.3 Å². The van der Waals surface area contributed by atoms with E-state index in [1.165, 1.54) is 37.8 Å². The number of anilines is 1. The number of hydrogen-bond donors (Lipinski definition) is 0. The van der Waals surface area contributed by atoms with Gasteiger partial charge in [-0.2, -0.15) is 0 Å². The topological polar surface area (TPSA) is 52.4 Å². The Balaban J connectivity index is 1.24. The molecule has 1 aliphatic carbocycles. The van der Waals surface area contributed by atoms with Crippen molar-refractivity contribution in [2.75, 3.05) is 24.6 Å². The lowest BCUT2D eigenvalue weighted by molar-refractivity contribution is 0.00564. The maximum Gasteiger partial charge on any atom is 0.227 e. The summed E-state index contributed by atoms with van der Waals surface area (Å²) in [5, 5.41) is 9.15. The SMILES string of the molecule is Fc1ccc(OC2CCN(c3nnc(C4CC4)n3CC3CCCCO3)CC2)cc1. The molecule has 156 valence electrons. The van der Waals surface area contributed by atoms with Gasteiger partial charge in [0.2, 0.25) is 5.95 Å². The van der Waals surface area contributed by atoms with E-state index in [4.69, 9.17) is 9.47 Å². The van der Waals surface area contributed by atoms with Crippen LogP contribution in [0.2, 0.25) is 0 Å². The van der Waals surface area contributed by atoms with Crippen LogP contribution in [0.15, 0.2) is 24.3 Å². The van der Waals surface area contributed by atoms with Crippen molar-refractivity contribution in [3.63, 3.8) is 0 Å². The summed E-state index contributed by atoms with van der Waals surface area (Å²) in [5.41, 5.74) is 0. The van der Waals surface area contributed by atoms with Crippen LogP contribution in [0.5, 0.6) is 5.75 Å². The summed E-state index contributed by atoms with van der Waals surface area (Å²) in [5.74, 6) is 3.19. The standard InChI is InChI=1S/C22H29FN4O2/c23-17-6-8-18(9-7-17)29-19-10-12-26(13-11-19)22-25-24-21(16-4-5-16)27(22)15-20-3-1-2-14-28-20/h6-9,16,19-20H,1-5,10-15H2. The van der Waals surface area contributed by atoms with Crippen LogP contribution in [0.25, 0.3) is 0 Å². The molecule has 1 saturated carbocycles. The summed E-state index contributed by atoms with van der Waals surface area (Å²) in [6.45, 7) is 3.51. The van der Waals surface area contributed by atoms with Gasteiger partial charge in [-0.1, -0.05) is 0 Å². The Kier molecular flexibility index (Phi) is 5.40. The molecular formula is C22H29FN4O2. The van der Waals surface area contributed by atoms with Gasteiger partial charge in [-0.05, 0) is 56.4 Å². The number of aromatic nitrogens is 3. The third-order valence-corrected chi connectivity index (χ3v) is 6.20. The van der Waals surface area contributed by atoms with Gasteiger partial charge in [0, 0.05) is 38.5 Å². The Morgan fingerprint density at radius 1 is 1.00 bits per heavy atom. The first kappa shape index (κ1) is 18.9. The van der Waals surface area contributed by atoms with Crippen LogP contribution in [0.1, 0.15) is 56.7 Å². The van der Waals surface area contributed by atoms with Crippen molar-refractivity contribution in [2.24, 2.45) is 0 Å². The molecule has 0 N–H and O–H groups in total. The van der Waals surface area contributed by atoms with Crippen LogP contribution >= 0.6 is 0 Å². The van der Waals surface area contributed by atoms with E-state index in [0.717, 1.165) is 63.0 Å². The summed E-state index contributed by atoms with van der Waals surface area (Å²) in [4.78, 5) is 2.34. The molecule has 2 saturated heterocycles. The average Bonchev–Trinajstić information content (AvgIpc) is 3.52. The summed E-state index contributed by atoms with van der Waals surface area (Å²) in [7, 11) is 0. The Labute approximate surface area is 171 Å². The molecule has 2 aliphatic heterocycles. The van der Waals surface area contributed by atoms with E-state index in [1.54, 1.807) is 12.1 Å². The molecule has 3 fully saturated rings. The highest BCUT2D eigenvalue weighted by molar-refractivity contribution is 5.34. The lowest BCUT2D eigenvalue weighted by atomic mass is 10.1. The zero-order chi connectivity index (χ0) is 19.6. The van der Waals surface area contributed by atoms with Crippen molar-refractivity contribution < 1.29 is 13.9 Å². The van der Waals surface area contributed by atoms with Gasteiger partial charge >= 0.3 is 0 Å². The largest absolute Gasteiger partial charge is 0.490 e. The molecule has 6 nitrogen and oxygen atoms in total. The lowest BCUT2D eigenvalue weighted by Gasteiger charge is -2.33. The van der Waals surface area contributed by atoms with E-state index in [2.05, 4.69) is 19.7 Å². The first-order valence-corrected chi connectivity index (χ1v) is 11.0. The van der Waals surface area contributed by atoms with Crippen molar-refractivity contribution in [2.45, 2.75) is 69.6 Å². The highest BCUT2D eigenvalue weighted by Gasteiger charge is 2.33. The number of rotatable bonds is 6. The second-order valence-electron chi connectivity index (χ2n) is 8.49. The first-order chi connectivity index (χ1) is 14.3. The molecule has 7 heteroatoms. The van der Waals surface area contributed by atoms with Crippen LogP contribution in [-0.4, -0.2) is 46.7 Å². The minimum absolute atomic E-state index is 0.151. The van der Waals surface area contributed by atoms with Gasteiger partial charge in [-0.15, -0.1) is 10.2 Å². The third-order valence-electron chi connectivity index (χ3n) is 6.20. The van der Waals surface area contributed by atoms with Gasteiger partial charge in [0.05, 0.1) is 12.6 Å². The normalized spacial score (nSPS) is 23.3. The van der Waals surface area contributed by atoms with Crippen LogP contribution in [0.4, 0.5) is 10.3 Å². The fraction of sp³-hybridized carbons (Fsp3) is 0.636. The van der Waals surface area contributed by atoms with Gasteiger partial charge in [-0.3, -0.25) is 4.57 Å². The Morgan fingerprint density at radius 2 is 1.79 bits per heavy atom. The molecule has 5 rings (SSSR count). The minimum Gasteiger partial charge on any atom is -0.490 e. The second-order valence-corrected chi connectivity index (χ2v) is 8.49. The molecule has 2 aromatic rings. The Bertz CT molecular complexity index is 807. The quantitative estimate of drug-likeness (QED) is 0.736. The smallest absolute Gasteiger partial charge is 0.227 e. The van der Waals surface area contributed by atoms with Crippen LogP contribution < -0.4 is 9.64 Å². The monoisotopic (exact) mass is 400 g/mol. The summed E-state index contributed by atoms with van der Waals surface area (Å²) >= 11 is 0. The zero-order valence-electron chi connectivity index (χ0n) is 16.8. The van der Waals surface area contributed by atoms with Crippen LogP contribution in [0.3, 0.4) is 0 Å². The van der Waals surface area contributed by atoms with E-state index in [0.29, 0.717) is 5.92 Å². The molecule has 1 aromatic heterocycles. The molecule has 3 aliphatic rings. The van der Waals surface area contributed by atoms with Crippen molar-refractivity contribution in [3.05, 3.63) is 35.9 Å². The third kappa shape index (κ3) is 4.39. The van der Waals surface area contributed by atoms with E-state index >= 15 is 0 Å². The highest BCUT2D eigenvalue weighted by Crippen LogP contribution is 2.40. The molecule has 1 atom stereocenters.